The van der Waals surface area contributed by atoms with Crippen LogP contribution in [0.1, 0.15) is 5.56 Å². The van der Waals surface area contributed by atoms with Gasteiger partial charge in [-0.2, -0.15) is 5.10 Å². The number of hydrogen-bond donors (Lipinski definition) is 0. The maximum atomic E-state index is 12.6. The van der Waals surface area contributed by atoms with Crippen LogP contribution in [-0.4, -0.2) is 45.0 Å². The van der Waals surface area contributed by atoms with Crippen molar-refractivity contribution in [1.82, 2.24) is 0 Å². The summed E-state index contributed by atoms with van der Waals surface area (Å²) >= 11 is 3.39. The number of methoxy groups -OCH3 is 3. The minimum Gasteiger partial charge on any atom is -0.497 e. The summed E-state index contributed by atoms with van der Waals surface area (Å²) in [7, 11) is 4.13. The second-order valence-electron chi connectivity index (χ2n) is 6.00. The van der Waals surface area contributed by atoms with Crippen LogP contribution in [0.25, 0.3) is 0 Å². The van der Waals surface area contributed by atoms with E-state index in [-0.39, 0.29) is 0 Å². The summed E-state index contributed by atoms with van der Waals surface area (Å²) < 4.78 is 16.0. The molecule has 0 unspecified atom stereocenters. The smallest absolute Gasteiger partial charge is 0.332 e. The van der Waals surface area contributed by atoms with E-state index in [4.69, 9.17) is 14.2 Å². The van der Waals surface area contributed by atoms with Gasteiger partial charge in [0.05, 0.1) is 32.7 Å². The highest BCUT2D eigenvalue weighted by Gasteiger charge is 2.48. The van der Waals surface area contributed by atoms with Crippen LogP contribution in [0, 0.1) is 5.92 Å². The van der Waals surface area contributed by atoms with Gasteiger partial charge >= 0.3 is 11.9 Å². The standard InChI is InChI=1S/C20H19BrN2O5/c1-26-15-10-8-14(9-11-15)23-18(20(25)28-3)16(19(24)27-2)17(22-23)12-4-6-13(21)7-5-12/h4-11,16,18H,1-3H3/t16-,18-/m0/s1. The Kier molecular flexibility index (Phi) is 5.99. The van der Waals surface area contributed by atoms with Gasteiger partial charge in [-0.05, 0) is 42.0 Å². The third kappa shape index (κ3) is 3.73. The minimum absolute atomic E-state index is 0.436. The highest BCUT2D eigenvalue weighted by Crippen LogP contribution is 2.33. The molecule has 7 nitrogen and oxygen atoms in total. The summed E-state index contributed by atoms with van der Waals surface area (Å²) in [4.78, 5) is 25.2. The Morgan fingerprint density at radius 2 is 1.54 bits per heavy atom. The predicted molar refractivity (Wildman–Crippen MR) is 107 cm³/mol. The molecular weight excluding hydrogens is 428 g/mol. The summed E-state index contributed by atoms with van der Waals surface area (Å²) in [6.45, 7) is 0. The number of carbonyl (C=O) groups is 2. The highest BCUT2D eigenvalue weighted by atomic mass is 79.9. The Bertz CT molecular complexity index is 896. The van der Waals surface area contributed by atoms with Gasteiger partial charge in [-0.1, -0.05) is 28.1 Å². The molecule has 2 aromatic rings. The quantitative estimate of drug-likeness (QED) is 0.656. The number of ether oxygens (including phenoxy) is 3. The predicted octanol–water partition coefficient (Wildman–Crippen LogP) is 3.01. The minimum atomic E-state index is -0.982. The van der Waals surface area contributed by atoms with Crippen molar-refractivity contribution in [3.63, 3.8) is 0 Å². The summed E-state index contributed by atoms with van der Waals surface area (Å²) in [5.41, 5.74) is 1.77. The molecule has 8 heteroatoms. The maximum Gasteiger partial charge on any atom is 0.332 e. The zero-order valence-electron chi connectivity index (χ0n) is 15.6. The lowest BCUT2D eigenvalue weighted by Gasteiger charge is -2.24. The average Bonchev–Trinajstić information content (AvgIpc) is 3.13. The molecule has 3 rings (SSSR count). The number of anilines is 1. The van der Waals surface area contributed by atoms with Crippen LogP contribution in [0.4, 0.5) is 5.69 Å². The Morgan fingerprint density at radius 1 is 0.929 bits per heavy atom. The van der Waals surface area contributed by atoms with Crippen molar-refractivity contribution in [2.45, 2.75) is 6.04 Å². The number of halogens is 1. The fourth-order valence-electron chi connectivity index (χ4n) is 3.07. The first-order valence-electron chi connectivity index (χ1n) is 8.43. The number of esters is 2. The van der Waals surface area contributed by atoms with Crippen molar-refractivity contribution in [1.29, 1.82) is 0 Å². The van der Waals surface area contributed by atoms with Gasteiger partial charge in [0.15, 0.2) is 6.04 Å². The number of nitrogens with zero attached hydrogens (tertiary/aromatic N) is 2. The molecule has 2 atom stereocenters. The van der Waals surface area contributed by atoms with Gasteiger partial charge in [-0.3, -0.25) is 4.79 Å². The molecule has 0 saturated carbocycles. The van der Waals surface area contributed by atoms with E-state index in [9.17, 15) is 9.59 Å². The van der Waals surface area contributed by atoms with Gasteiger partial charge in [0.2, 0.25) is 0 Å². The van der Waals surface area contributed by atoms with Gasteiger partial charge in [0.1, 0.15) is 11.7 Å². The van der Waals surface area contributed by atoms with E-state index in [1.807, 2.05) is 24.3 Å². The fourth-order valence-corrected chi connectivity index (χ4v) is 3.33. The van der Waals surface area contributed by atoms with Crippen molar-refractivity contribution in [3.05, 3.63) is 58.6 Å². The van der Waals surface area contributed by atoms with Crippen LogP contribution in [0.15, 0.2) is 58.1 Å². The molecule has 0 N–H and O–H groups in total. The molecule has 0 amide bonds. The normalized spacial score (nSPS) is 18.4. The van der Waals surface area contributed by atoms with Crippen LogP contribution in [0.3, 0.4) is 0 Å². The molecule has 28 heavy (non-hydrogen) atoms. The largest absolute Gasteiger partial charge is 0.497 e. The van der Waals surface area contributed by atoms with Crippen LogP contribution < -0.4 is 9.75 Å². The Balaban J connectivity index is 2.12. The molecule has 0 aromatic heterocycles. The lowest BCUT2D eigenvalue weighted by Crippen LogP contribution is -2.45. The number of hydrogen-bond acceptors (Lipinski definition) is 7. The van der Waals surface area contributed by atoms with E-state index in [2.05, 4.69) is 21.0 Å². The maximum absolute atomic E-state index is 12.6. The number of benzene rings is 2. The lowest BCUT2D eigenvalue weighted by atomic mass is 9.91. The zero-order valence-corrected chi connectivity index (χ0v) is 17.2. The molecular formula is C20H19BrN2O5. The Hall–Kier alpha value is -2.87. The summed E-state index contributed by atoms with van der Waals surface area (Å²) in [6.07, 6.45) is 0. The molecule has 0 aliphatic carbocycles. The van der Waals surface area contributed by atoms with Crippen LogP contribution in [0.5, 0.6) is 5.75 Å². The molecule has 1 aliphatic heterocycles. The molecule has 0 saturated heterocycles. The van der Waals surface area contributed by atoms with Crippen molar-refractivity contribution < 1.29 is 23.8 Å². The molecule has 0 bridgehead atoms. The molecule has 0 radical (unpaired) electrons. The average molecular weight is 447 g/mol. The van der Waals surface area contributed by atoms with Gasteiger partial charge in [-0.25, -0.2) is 9.80 Å². The van der Waals surface area contributed by atoms with E-state index in [0.29, 0.717) is 22.7 Å². The van der Waals surface area contributed by atoms with Crippen molar-refractivity contribution in [2.75, 3.05) is 26.3 Å². The molecule has 146 valence electrons. The van der Waals surface area contributed by atoms with Crippen LogP contribution in [0.2, 0.25) is 0 Å². The number of hydrazone groups is 1. The molecule has 2 aromatic carbocycles. The Morgan fingerprint density at radius 3 is 2.07 bits per heavy atom. The number of rotatable bonds is 5. The van der Waals surface area contributed by atoms with Crippen molar-refractivity contribution >= 4 is 39.3 Å². The van der Waals surface area contributed by atoms with Crippen molar-refractivity contribution in [2.24, 2.45) is 11.0 Å². The van der Waals surface area contributed by atoms with Gasteiger partial charge in [0.25, 0.3) is 0 Å². The van der Waals surface area contributed by atoms with E-state index < -0.39 is 23.9 Å². The van der Waals surface area contributed by atoms with Gasteiger partial charge in [-0.15, -0.1) is 0 Å². The SMILES string of the molecule is COC(=O)[C@H]1C(c2ccc(Br)cc2)=NN(c2ccc(OC)cc2)[C@@H]1C(=O)OC. The fraction of sp³-hybridized carbons (Fsp3) is 0.250. The second-order valence-corrected chi connectivity index (χ2v) is 6.92. The first-order chi connectivity index (χ1) is 13.5. The second kappa shape index (κ2) is 8.43. The monoisotopic (exact) mass is 446 g/mol. The highest BCUT2D eigenvalue weighted by molar-refractivity contribution is 9.10. The zero-order chi connectivity index (χ0) is 20.3. The summed E-state index contributed by atoms with van der Waals surface area (Å²) in [6, 6.07) is 13.4. The topological polar surface area (TPSA) is 77.4 Å². The first kappa shape index (κ1) is 19.9. The number of carbonyl (C=O) groups excluding carboxylic acids is 2. The summed E-state index contributed by atoms with van der Waals surface area (Å²) in [5, 5.41) is 6.10. The molecule has 1 heterocycles. The summed E-state index contributed by atoms with van der Waals surface area (Å²) in [5.74, 6) is -1.41. The van der Waals surface area contributed by atoms with E-state index in [1.54, 1.807) is 31.4 Å². The third-order valence-electron chi connectivity index (χ3n) is 4.46. The van der Waals surface area contributed by atoms with Crippen LogP contribution >= 0.6 is 15.9 Å². The van der Waals surface area contributed by atoms with E-state index in [1.165, 1.54) is 19.2 Å². The molecule has 1 aliphatic rings. The van der Waals surface area contributed by atoms with E-state index >= 15 is 0 Å². The van der Waals surface area contributed by atoms with E-state index in [0.717, 1.165) is 4.47 Å². The van der Waals surface area contributed by atoms with Crippen LogP contribution in [-0.2, 0) is 19.1 Å². The molecule has 0 spiro atoms. The van der Waals surface area contributed by atoms with Gasteiger partial charge in [0, 0.05) is 4.47 Å². The van der Waals surface area contributed by atoms with Crippen molar-refractivity contribution in [3.8, 4) is 5.75 Å². The lowest BCUT2D eigenvalue weighted by molar-refractivity contribution is -0.150. The Labute approximate surface area is 171 Å². The van der Waals surface area contributed by atoms with Gasteiger partial charge < -0.3 is 14.2 Å². The molecule has 0 fully saturated rings. The first-order valence-corrected chi connectivity index (χ1v) is 9.22. The third-order valence-corrected chi connectivity index (χ3v) is 4.99.